The standard InChI is InChI=1S/C18H25BClNO3/c1-12(22)15-10-13(7-8-16(15)20)9-14(11-21-6)19-23-17(2,3)18(4,5)24-19/h7-10,21H,11H2,1-6H3. The number of likely N-dealkylation sites (N-methyl/N-ethyl adjacent to an activating group) is 1. The maximum atomic E-state index is 11.7. The number of hydrogen-bond donors (Lipinski definition) is 1. The molecule has 0 saturated carbocycles. The molecule has 1 N–H and O–H groups in total. The van der Waals surface area contributed by atoms with E-state index in [0.717, 1.165) is 11.0 Å². The van der Waals surface area contributed by atoms with Crippen LogP contribution < -0.4 is 5.32 Å². The molecule has 0 amide bonds. The second-order valence-electron chi connectivity index (χ2n) is 7.13. The van der Waals surface area contributed by atoms with Crippen LogP contribution in [0.2, 0.25) is 5.02 Å². The van der Waals surface area contributed by atoms with Crippen molar-refractivity contribution in [3.8, 4) is 0 Å². The molecule has 0 atom stereocenters. The number of halogens is 1. The van der Waals surface area contributed by atoms with E-state index in [9.17, 15) is 4.79 Å². The lowest BCUT2D eigenvalue weighted by molar-refractivity contribution is 0.00578. The van der Waals surface area contributed by atoms with Crippen molar-refractivity contribution in [1.82, 2.24) is 5.32 Å². The summed E-state index contributed by atoms with van der Waals surface area (Å²) >= 11 is 6.09. The lowest BCUT2D eigenvalue weighted by Crippen LogP contribution is -2.41. The van der Waals surface area contributed by atoms with Crippen molar-refractivity contribution in [3.05, 3.63) is 39.8 Å². The average molecular weight is 350 g/mol. The Morgan fingerprint density at radius 1 is 1.25 bits per heavy atom. The number of hydrogen-bond acceptors (Lipinski definition) is 4. The summed E-state index contributed by atoms with van der Waals surface area (Å²) in [6.07, 6.45) is 1.99. The Hall–Kier alpha value is -1.14. The van der Waals surface area contributed by atoms with Gasteiger partial charge in [-0.1, -0.05) is 23.7 Å². The quantitative estimate of drug-likeness (QED) is 0.649. The van der Waals surface area contributed by atoms with E-state index >= 15 is 0 Å². The van der Waals surface area contributed by atoms with Gasteiger partial charge < -0.3 is 14.6 Å². The highest BCUT2D eigenvalue weighted by Crippen LogP contribution is 2.38. The third kappa shape index (κ3) is 3.91. The highest BCUT2D eigenvalue weighted by Gasteiger charge is 2.52. The Bertz CT molecular complexity index is 654. The molecule has 1 aliphatic rings. The van der Waals surface area contributed by atoms with E-state index in [1.165, 1.54) is 6.92 Å². The first kappa shape index (κ1) is 19.2. The van der Waals surface area contributed by atoms with Gasteiger partial charge in [0.15, 0.2) is 5.78 Å². The van der Waals surface area contributed by atoms with E-state index in [1.54, 1.807) is 12.1 Å². The number of ketones is 1. The summed E-state index contributed by atoms with van der Waals surface area (Å²) in [4.78, 5) is 11.7. The molecule has 1 aliphatic heterocycles. The summed E-state index contributed by atoms with van der Waals surface area (Å²) in [5, 5.41) is 3.61. The number of nitrogens with one attached hydrogen (secondary N) is 1. The molecule has 1 aromatic carbocycles. The molecule has 0 radical (unpaired) electrons. The normalized spacial score (nSPS) is 19.6. The molecule has 6 heteroatoms. The third-order valence-electron chi connectivity index (χ3n) is 4.66. The predicted molar refractivity (Wildman–Crippen MR) is 99.4 cm³/mol. The SMILES string of the molecule is CNCC(=Cc1ccc(Cl)c(C(C)=O)c1)B1OC(C)(C)C(C)(C)O1. The molecule has 1 fully saturated rings. The molecule has 0 bridgehead atoms. The largest absolute Gasteiger partial charge is 0.491 e. The van der Waals surface area contributed by atoms with Crippen LogP contribution in [-0.4, -0.2) is 37.7 Å². The summed E-state index contributed by atoms with van der Waals surface area (Å²) < 4.78 is 12.3. The Balaban J connectivity index is 2.37. The maximum Gasteiger partial charge on any atom is 0.491 e. The van der Waals surface area contributed by atoms with Crippen molar-refractivity contribution >= 4 is 30.6 Å². The van der Waals surface area contributed by atoms with Crippen LogP contribution in [0.5, 0.6) is 0 Å². The minimum absolute atomic E-state index is 0.0546. The molecule has 0 unspecified atom stereocenters. The second kappa shape index (κ2) is 7.00. The van der Waals surface area contributed by atoms with Gasteiger partial charge in [-0.25, -0.2) is 0 Å². The molecule has 1 heterocycles. The van der Waals surface area contributed by atoms with Gasteiger partial charge in [0.2, 0.25) is 0 Å². The van der Waals surface area contributed by atoms with Gasteiger partial charge in [0.25, 0.3) is 0 Å². The van der Waals surface area contributed by atoms with Crippen molar-refractivity contribution in [2.75, 3.05) is 13.6 Å². The fourth-order valence-corrected chi connectivity index (χ4v) is 2.77. The molecular formula is C18H25BClNO3. The lowest BCUT2D eigenvalue weighted by atomic mass is 9.77. The van der Waals surface area contributed by atoms with E-state index in [2.05, 4.69) is 5.32 Å². The fraction of sp³-hybridized carbons (Fsp3) is 0.500. The average Bonchev–Trinajstić information content (AvgIpc) is 2.68. The van der Waals surface area contributed by atoms with Crippen LogP contribution in [0.15, 0.2) is 23.7 Å². The van der Waals surface area contributed by atoms with Crippen molar-refractivity contribution in [3.63, 3.8) is 0 Å². The second-order valence-corrected chi connectivity index (χ2v) is 7.54. The van der Waals surface area contributed by atoms with E-state index in [1.807, 2.05) is 46.9 Å². The van der Waals surface area contributed by atoms with Gasteiger partial charge in [-0.15, -0.1) is 0 Å². The topological polar surface area (TPSA) is 47.6 Å². The van der Waals surface area contributed by atoms with E-state index < -0.39 is 18.3 Å². The number of carbonyl (C=O) groups excluding carboxylic acids is 1. The van der Waals surface area contributed by atoms with E-state index in [-0.39, 0.29) is 5.78 Å². The van der Waals surface area contributed by atoms with Gasteiger partial charge in [-0.3, -0.25) is 4.79 Å². The van der Waals surface area contributed by atoms with Crippen molar-refractivity contribution in [1.29, 1.82) is 0 Å². The monoisotopic (exact) mass is 349 g/mol. The molecule has 2 rings (SSSR count). The molecular weight excluding hydrogens is 324 g/mol. The number of Topliss-reactive ketones (excluding diaryl/α,β-unsaturated/α-hetero) is 1. The maximum absolute atomic E-state index is 11.7. The zero-order valence-electron chi connectivity index (χ0n) is 15.2. The molecule has 0 aromatic heterocycles. The summed E-state index contributed by atoms with van der Waals surface area (Å²) in [5.41, 5.74) is 1.59. The first-order valence-corrected chi connectivity index (χ1v) is 8.46. The van der Waals surface area contributed by atoms with Gasteiger partial charge >= 0.3 is 7.12 Å². The summed E-state index contributed by atoms with van der Waals surface area (Å²) in [7, 11) is 1.45. The van der Waals surface area contributed by atoms with Crippen LogP contribution >= 0.6 is 11.6 Å². The predicted octanol–water partition coefficient (Wildman–Crippen LogP) is 3.78. The Labute approximate surface area is 149 Å². The smallest absolute Gasteiger partial charge is 0.400 e. The third-order valence-corrected chi connectivity index (χ3v) is 4.99. The molecule has 0 spiro atoms. The molecule has 24 heavy (non-hydrogen) atoms. The van der Waals surface area contributed by atoms with Crippen LogP contribution in [0.3, 0.4) is 0 Å². The summed E-state index contributed by atoms with van der Waals surface area (Å²) in [6.45, 7) is 10.2. The van der Waals surface area contributed by atoms with Gasteiger partial charge in [0.1, 0.15) is 0 Å². The zero-order chi connectivity index (χ0) is 18.1. The number of rotatable bonds is 5. The van der Waals surface area contributed by atoms with Gasteiger partial charge in [-0.2, -0.15) is 0 Å². The zero-order valence-corrected chi connectivity index (χ0v) is 16.0. The molecule has 1 saturated heterocycles. The van der Waals surface area contributed by atoms with Crippen LogP contribution in [0.4, 0.5) is 0 Å². The summed E-state index contributed by atoms with van der Waals surface area (Å²) in [5.74, 6) is -0.0546. The van der Waals surface area contributed by atoms with E-state index in [0.29, 0.717) is 17.1 Å². The Kier molecular flexibility index (Phi) is 5.60. The van der Waals surface area contributed by atoms with Crippen LogP contribution in [-0.2, 0) is 9.31 Å². The number of carbonyl (C=O) groups is 1. The fourth-order valence-electron chi connectivity index (χ4n) is 2.52. The minimum Gasteiger partial charge on any atom is -0.400 e. The minimum atomic E-state index is -0.432. The highest BCUT2D eigenvalue weighted by molar-refractivity contribution is 6.56. The van der Waals surface area contributed by atoms with Crippen LogP contribution in [0.1, 0.15) is 50.5 Å². The van der Waals surface area contributed by atoms with Crippen LogP contribution in [0.25, 0.3) is 6.08 Å². The van der Waals surface area contributed by atoms with Crippen molar-refractivity contribution < 1.29 is 14.1 Å². The molecule has 0 aliphatic carbocycles. The molecule has 130 valence electrons. The van der Waals surface area contributed by atoms with Crippen LogP contribution in [0, 0.1) is 0 Å². The Morgan fingerprint density at radius 2 is 1.83 bits per heavy atom. The van der Waals surface area contributed by atoms with Crippen molar-refractivity contribution in [2.24, 2.45) is 0 Å². The molecule has 4 nitrogen and oxygen atoms in total. The van der Waals surface area contributed by atoms with E-state index in [4.69, 9.17) is 20.9 Å². The van der Waals surface area contributed by atoms with Gasteiger partial charge in [0.05, 0.1) is 16.2 Å². The van der Waals surface area contributed by atoms with Crippen molar-refractivity contribution in [2.45, 2.75) is 45.8 Å². The lowest BCUT2D eigenvalue weighted by Gasteiger charge is -2.32. The first-order valence-electron chi connectivity index (χ1n) is 8.08. The van der Waals surface area contributed by atoms with Gasteiger partial charge in [-0.05, 0) is 64.8 Å². The number of benzene rings is 1. The Morgan fingerprint density at radius 3 is 2.33 bits per heavy atom. The summed E-state index contributed by atoms with van der Waals surface area (Å²) in [6, 6.07) is 5.42. The molecule has 1 aromatic rings. The van der Waals surface area contributed by atoms with Gasteiger partial charge in [0, 0.05) is 12.1 Å². The highest BCUT2D eigenvalue weighted by atomic mass is 35.5. The first-order chi connectivity index (χ1) is 11.1.